The minimum absolute atomic E-state index is 0.181. The summed E-state index contributed by atoms with van der Waals surface area (Å²) in [6.07, 6.45) is 2.22. The lowest BCUT2D eigenvalue weighted by atomic mass is 10.1. The molecule has 208 valence electrons. The molecule has 0 unspecified atom stereocenters. The average Bonchev–Trinajstić information content (AvgIpc) is 2.95. The van der Waals surface area contributed by atoms with Gasteiger partial charge in [-0.05, 0) is 12.1 Å². The van der Waals surface area contributed by atoms with Crippen molar-refractivity contribution in [2.24, 2.45) is 0 Å². The van der Waals surface area contributed by atoms with Crippen LogP contribution in [0.4, 0.5) is 0 Å². The summed E-state index contributed by atoms with van der Waals surface area (Å²) in [5, 5.41) is 1.88. The number of ether oxygens (including phenoxy) is 8. The van der Waals surface area contributed by atoms with Gasteiger partial charge in [0.25, 0.3) is 0 Å². The van der Waals surface area contributed by atoms with E-state index in [-0.39, 0.29) is 13.2 Å². The van der Waals surface area contributed by atoms with E-state index < -0.39 is 11.9 Å². The maximum Gasteiger partial charge on any atom is 0.330 e. The zero-order valence-electron chi connectivity index (χ0n) is 21.6. The molecule has 2 aromatic rings. The summed E-state index contributed by atoms with van der Waals surface area (Å²) >= 11 is 0. The number of hydrogen-bond acceptors (Lipinski definition) is 10. The lowest BCUT2D eigenvalue weighted by Crippen LogP contribution is -2.14. The van der Waals surface area contributed by atoms with Gasteiger partial charge in [0.05, 0.1) is 52.9 Å². The first kappa shape index (κ1) is 30.8. The second-order valence-corrected chi connectivity index (χ2v) is 7.50. The van der Waals surface area contributed by atoms with E-state index in [0.717, 1.165) is 34.4 Å². The minimum Gasteiger partial charge on any atom is -0.491 e. The Bertz CT molecular complexity index is 912. The molecular weight excluding hydrogens is 496 g/mol. The Labute approximate surface area is 223 Å². The van der Waals surface area contributed by atoms with Crippen molar-refractivity contribution >= 4 is 22.7 Å². The van der Waals surface area contributed by atoms with Gasteiger partial charge in [0.15, 0.2) is 0 Å². The average molecular weight is 533 g/mol. The Morgan fingerprint density at radius 2 is 0.868 bits per heavy atom. The number of carbonyl (C=O) groups excluding carboxylic acids is 2. The number of esters is 2. The summed E-state index contributed by atoms with van der Waals surface area (Å²) in [5.74, 6) is 0.543. The fourth-order valence-corrected chi connectivity index (χ4v) is 3.08. The van der Waals surface area contributed by atoms with Gasteiger partial charge in [0.1, 0.15) is 37.9 Å². The molecule has 0 bridgehead atoms. The number of carbonyl (C=O) groups is 2. The van der Waals surface area contributed by atoms with Gasteiger partial charge >= 0.3 is 11.9 Å². The third-order valence-electron chi connectivity index (χ3n) is 4.84. The smallest absolute Gasteiger partial charge is 0.330 e. The van der Waals surface area contributed by atoms with E-state index in [2.05, 4.69) is 13.2 Å². The Hall–Kier alpha value is -3.44. The molecule has 0 radical (unpaired) electrons. The molecule has 0 spiro atoms. The van der Waals surface area contributed by atoms with Crippen LogP contribution < -0.4 is 9.47 Å². The van der Waals surface area contributed by atoms with Gasteiger partial charge in [0, 0.05) is 22.9 Å². The summed E-state index contributed by atoms with van der Waals surface area (Å²) in [6, 6.07) is 11.6. The molecule has 0 atom stereocenters. The standard InChI is InChI=1S/C28H36O10/c1-3-27(29)37-21-17-33-13-11-31-15-19-35-25-9-10-26(24-8-6-5-7-23(24)25)36-20-16-32-12-14-34-18-22-38-28(30)4-2/h3-10H,1-2,11-22H2. The Morgan fingerprint density at radius 1 is 0.526 bits per heavy atom. The lowest BCUT2D eigenvalue weighted by molar-refractivity contribution is -0.140. The van der Waals surface area contributed by atoms with E-state index in [0.29, 0.717) is 66.1 Å². The molecule has 0 aliphatic rings. The highest BCUT2D eigenvalue weighted by atomic mass is 16.6. The number of fused-ring (bicyclic) bond motifs is 1. The van der Waals surface area contributed by atoms with Gasteiger partial charge < -0.3 is 37.9 Å². The third-order valence-corrected chi connectivity index (χ3v) is 4.84. The Morgan fingerprint density at radius 3 is 1.24 bits per heavy atom. The van der Waals surface area contributed by atoms with Crippen LogP contribution in [0.1, 0.15) is 0 Å². The topological polar surface area (TPSA) is 108 Å². The molecule has 0 saturated carbocycles. The molecule has 0 aliphatic carbocycles. The van der Waals surface area contributed by atoms with Crippen molar-refractivity contribution in [1.82, 2.24) is 0 Å². The highest BCUT2D eigenvalue weighted by Gasteiger charge is 2.08. The highest BCUT2D eigenvalue weighted by Crippen LogP contribution is 2.33. The first-order chi connectivity index (χ1) is 18.7. The molecule has 2 aromatic carbocycles. The highest BCUT2D eigenvalue weighted by molar-refractivity contribution is 5.93. The van der Waals surface area contributed by atoms with Crippen molar-refractivity contribution < 1.29 is 47.5 Å². The molecule has 0 aliphatic heterocycles. The molecule has 0 N–H and O–H groups in total. The Balaban J connectivity index is 1.60. The number of hydrogen-bond donors (Lipinski definition) is 0. The molecule has 0 heterocycles. The number of benzene rings is 2. The zero-order valence-corrected chi connectivity index (χ0v) is 21.6. The van der Waals surface area contributed by atoms with E-state index in [4.69, 9.17) is 37.9 Å². The van der Waals surface area contributed by atoms with Gasteiger partial charge in [-0.1, -0.05) is 37.4 Å². The lowest BCUT2D eigenvalue weighted by Gasteiger charge is -2.14. The van der Waals surface area contributed by atoms with Crippen molar-refractivity contribution in [1.29, 1.82) is 0 Å². The maximum atomic E-state index is 10.9. The molecule has 10 nitrogen and oxygen atoms in total. The fraction of sp³-hybridized carbons (Fsp3) is 0.429. The molecular formula is C28H36O10. The van der Waals surface area contributed by atoms with Gasteiger partial charge in [-0.3, -0.25) is 0 Å². The zero-order chi connectivity index (χ0) is 27.3. The van der Waals surface area contributed by atoms with Gasteiger partial charge in [-0.25, -0.2) is 9.59 Å². The first-order valence-corrected chi connectivity index (χ1v) is 12.3. The summed E-state index contributed by atoms with van der Waals surface area (Å²) < 4.78 is 43.2. The maximum absolute atomic E-state index is 10.9. The predicted octanol–water partition coefficient (Wildman–Crippen LogP) is 3.12. The van der Waals surface area contributed by atoms with Crippen molar-refractivity contribution in [3.8, 4) is 11.5 Å². The van der Waals surface area contributed by atoms with Crippen LogP contribution in [-0.2, 0) is 38.0 Å². The predicted molar refractivity (Wildman–Crippen MR) is 141 cm³/mol. The fourth-order valence-electron chi connectivity index (χ4n) is 3.08. The monoisotopic (exact) mass is 532 g/mol. The summed E-state index contributed by atoms with van der Waals surface area (Å²) in [5.41, 5.74) is 0. The largest absolute Gasteiger partial charge is 0.491 e. The van der Waals surface area contributed by atoms with E-state index in [1.807, 2.05) is 36.4 Å². The molecule has 10 heteroatoms. The number of rotatable bonds is 22. The van der Waals surface area contributed by atoms with Crippen LogP contribution in [0.25, 0.3) is 10.8 Å². The van der Waals surface area contributed by atoms with Gasteiger partial charge in [0.2, 0.25) is 0 Å². The van der Waals surface area contributed by atoms with Crippen molar-refractivity contribution in [2.75, 3.05) is 79.3 Å². The third kappa shape index (κ3) is 12.7. The van der Waals surface area contributed by atoms with Crippen molar-refractivity contribution in [3.05, 3.63) is 61.7 Å². The molecule has 2 rings (SSSR count). The summed E-state index contributed by atoms with van der Waals surface area (Å²) in [4.78, 5) is 21.8. The van der Waals surface area contributed by atoms with Crippen LogP contribution in [0.5, 0.6) is 11.5 Å². The van der Waals surface area contributed by atoms with Crippen LogP contribution in [0.3, 0.4) is 0 Å². The van der Waals surface area contributed by atoms with E-state index in [1.165, 1.54) is 0 Å². The normalized spacial score (nSPS) is 10.6. The SMILES string of the molecule is C=CC(=O)OCCOCCOCCOc1ccc(OCCOCCOCCOC(=O)C=C)c2ccccc12. The molecule has 0 saturated heterocycles. The first-order valence-electron chi connectivity index (χ1n) is 12.3. The van der Waals surface area contributed by atoms with E-state index >= 15 is 0 Å². The molecule has 0 aromatic heterocycles. The quantitative estimate of drug-likeness (QED) is 0.128. The second kappa shape index (κ2) is 19.6. The van der Waals surface area contributed by atoms with Crippen molar-refractivity contribution in [3.63, 3.8) is 0 Å². The van der Waals surface area contributed by atoms with Crippen LogP contribution in [-0.4, -0.2) is 91.2 Å². The van der Waals surface area contributed by atoms with Crippen molar-refractivity contribution in [2.45, 2.75) is 0 Å². The molecule has 0 fully saturated rings. The van der Waals surface area contributed by atoms with Gasteiger partial charge in [-0.2, -0.15) is 0 Å². The van der Waals surface area contributed by atoms with Crippen LogP contribution in [0.15, 0.2) is 61.7 Å². The van der Waals surface area contributed by atoms with Crippen LogP contribution in [0.2, 0.25) is 0 Å². The minimum atomic E-state index is -0.469. The molecule has 38 heavy (non-hydrogen) atoms. The summed E-state index contributed by atoms with van der Waals surface area (Å²) in [7, 11) is 0. The molecule has 0 amide bonds. The van der Waals surface area contributed by atoms with Crippen LogP contribution in [0, 0.1) is 0 Å². The van der Waals surface area contributed by atoms with E-state index in [1.54, 1.807) is 0 Å². The van der Waals surface area contributed by atoms with Crippen LogP contribution >= 0.6 is 0 Å². The van der Waals surface area contributed by atoms with E-state index in [9.17, 15) is 9.59 Å². The summed E-state index contributed by atoms with van der Waals surface area (Å²) in [6.45, 7) is 10.8. The second-order valence-electron chi connectivity index (χ2n) is 7.50. The Kier molecular flexibility index (Phi) is 15.9. The van der Waals surface area contributed by atoms with Gasteiger partial charge in [-0.15, -0.1) is 0 Å².